The van der Waals surface area contributed by atoms with Crippen molar-refractivity contribution in [3.05, 3.63) is 69.8 Å². The summed E-state index contributed by atoms with van der Waals surface area (Å²) < 4.78 is 0. The van der Waals surface area contributed by atoms with Gasteiger partial charge in [0.05, 0.1) is 17.6 Å². The van der Waals surface area contributed by atoms with Crippen LogP contribution in [0.25, 0.3) is 0 Å². The maximum atomic E-state index is 12.7. The third-order valence-corrected chi connectivity index (χ3v) is 4.39. The predicted molar refractivity (Wildman–Crippen MR) is 93.4 cm³/mol. The summed E-state index contributed by atoms with van der Waals surface area (Å²) in [5.74, 6) is 0. The molecule has 0 heterocycles. The molecule has 0 radical (unpaired) electrons. The lowest BCUT2D eigenvalue weighted by molar-refractivity contribution is -0.384. The second-order valence-electron chi connectivity index (χ2n) is 5.91. The molecule has 0 bridgehead atoms. The molecular weight excluding hydrogens is 322 g/mol. The number of aliphatic hydroxyl groups excluding tert-OH is 1. The van der Waals surface area contributed by atoms with E-state index in [1.807, 2.05) is 24.3 Å². The maximum absolute atomic E-state index is 12.7. The molecule has 130 valence electrons. The van der Waals surface area contributed by atoms with Gasteiger partial charge < -0.3 is 15.3 Å². The van der Waals surface area contributed by atoms with E-state index in [2.05, 4.69) is 5.32 Å². The molecule has 2 amide bonds. The molecular formula is C18H19N3O4. The fraction of sp³-hybridized carbons (Fsp3) is 0.278. The third kappa shape index (κ3) is 3.61. The van der Waals surface area contributed by atoms with E-state index in [4.69, 9.17) is 0 Å². The molecule has 0 aromatic heterocycles. The Labute approximate surface area is 145 Å². The first kappa shape index (κ1) is 16.9. The molecule has 1 aliphatic rings. The van der Waals surface area contributed by atoms with E-state index in [1.54, 1.807) is 11.0 Å². The number of benzene rings is 2. The Bertz CT molecular complexity index is 793. The van der Waals surface area contributed by atoms with Crippen LogP contribution in [0.4, 0.5) is 16.2 Å². The van der Waals surface area contributed by atoms with Crippen molar-refractivity contribution in [2.75, 3.05) is 18.5 Å². The SMILES string of the molecule is O=C(Nc1cccc([N+](=O)[O-])c1)N(CCO)C1CCc2ccccc21. The predicted octanol–water partition coefficient (Wildman–Crippen LogP) is 3.11. The highest BCUT2D eigenvalue weighted by Crippen LogP contribution is 2.35. The van der Waals surface area contributed by atoms with E-state index in [0.29, 0.717) is 5.69 Å². The number of urea groups is 1. The van der Waals surface area contributed by atoms with Crippen LogP contribution in [0.2, 0.25) is 0 Å². The standard InChI is InChI=1S/C18H19N3O4/c22-11-10-20(17-9-8-13-4-1-2-7-16(13)17)18(23)19-14-5-3-6-15(12-14)21(24)25/h1-7,12,17,22H,8-11H2,(H,19,23). The molecule has 1 aliphatic carbocycles. The summed E-state index contributed by atoms with van der Waals surface area (Å²) in [6.07, 6.45) is 1.68. The number of carbonyl (C=O) groups is 1. The van der Waals surface area contributed by atoms with E-state index in [-0.39, 0.29) is 30.9 Å². The summed E-state index contributed by atoms with van der Waals surface area (Å²) in [6, 6.07) is 13.3. The Hall–Kier alpha value is -2.93. The van der Waals surface area contributed by atoms with E-state index < -0.39 is 4.92 Å². The molecule has 2 N–H and O–H groups in total. The Balaban J connectivity index is 1.80. The van der Waals surface area contributed by atoms with Gasteiger partial charge in [0, 0.05) is 24.4 Å². The van der Waals surface area contributed by atoms with E-state index in [0.717, 1.165) is 18.4 Å². The highest BCUT2D eigenvalue weighted by molar-refractivity contribution is 5.90. The van der Waals surface area contributed by atoms with Crippen molar-refractivity contribution in [2.45, 2.75) is 18.9 Å². The number of nitrogens with one attached hydrogen (secondary N) is 1. The number of amides is 2. The summed E-state index contributed by atoms with van der Waals surface area (Å²) in [5.41, 5.74) is 2.56. The fourth-order valence-corrected chi connectivity index (χ4v) is 3.26. The van der Waals surface area contributed by atoms with Gasteiger partial charge in [0.15, 0.2) is 0 Å². The molecule has 1 unspecified atom stereocenters. The molecule has 25 heavy (non-hydrogen) atoms. The lowest BCUT2D eigenvalue weighted by Gasteiger charge is -2.29. The van der Waals surface area contributed by atoms with Crippen molar-refractivity contribution in [3.8, 4) is 0 Å². The van der Waals surface area contributed by atoms with E-state index in [1.165, 1.54) is 23.8 Å². The number of nitro groups is 1. The van der Waals surface area contributed by atoms with Gasteiger partial charge in [-0.25, -0.2) is 4.79 Å². The number of nitro benzene ring substituents is 1. The van der Waals surface area contributed by atoms with E-state index in [9.17, 15) is 20.0 Å². The number of hydrogen-bond acceptors (Lipinski definition) is 4. The number of carbonyl (C=O) groups excluding carboxylic acids is 1. The topological polar surface area (TPSA) is 95.7 Å². The first-order valence-electron chi connectivity index (χ1n) is 8.11. The van der Waals surface area contributed by atoms with Crippen LogP contribution < -0.4 is 5.32 Å². The van der Waals surface area contributed by atoms with Gasteiger partial charge in [-0.2, -0.15) is 0 Å². The monoisotopic (exact) mass is 341 g/mol. The van der Waals surface area contributed by atoms with Crippen molar-refractivity contribution >= 4 is 17.4 Å². The lowest BCUT2D eigenvalue weighted by atomic mass is 10.1. The first-order valence-corrected chi connectivity index (χ1v) is 8.11. The molecule has 7 nitrogen and oxygen atoms in total. The van der Waals surface area contributed by atoms with Crippen LogP contribution in [0.5, 0.6) is 0 Å². The van der Waals surface area contributed by atoms with Gasteiger partial charge in [0.1, 0.15) is 0 Å². The molecule has 0 saturated carbocycles. The van der Waals surface area contributed by atoms with Crippen LogP contribution in [0.15, 0.2) is 48.5 Å². The van der Waals surface area contributed by atoms with Crippen LogP contribution in [0.3, 0.4) is 0 Å². The molecule has 0 saturated heterocycles. The highest BCUT2D eigenvalue weighted by Gasteiger charge is 2.30. The van der Waals surface area contributed by atoms with E-state index >= 15 is 0 Å². The van der Waals surface area contributed by atoms with Gasteiger partial charge in [0.2, 0.25) is 0 Å². The lowest BCUT2D eigenvalue weighted by Crippen LogP contribution is -2.39. The number of anilines is 1. The summed E-state index contributed by atoms with van der Waals surface area (Å²) in [5, 5.41) is 22.9. The van der Waals surface area contributed by atoms with Crippen LogP contribution in [-0.2, 0) is 6.42 Å². The van der Waals surface area contributed by atoms with Crippen molar-refractivity contribution in [1.82, 2.24) is 4.90 Å². The Morgan fingerprint density at radius 1 is 1.28 bits per heavy atom. The first-order chi connectivity index (χ1) is 12.1. The average molecular weight is 341 g/mol. The number of nitrogens with zero attached hydrogens (tertiary/aromatic N) is 2. The van der Waals surface area contributed by atoms with Gasteiger partial charge in [0.25, 0.3) is 5.69 Å². The minimum Gasteiger partial charge on any atom is -0.395 e. The molecule has 7 heteroatoms. The highest BCUT2D eigenvalue weighted by atomic mass is 16.6. The summed E-state index contributed by atoms with van der Waals surface area (Å²) in [6.45, 7) is 0.0424. The van der Waals surface area contributed by atoms with Crippen LogP contribution in [-0.4, -0.2) is 34.1 Å². The minimum absolute atomic E-state index is 0.0854. The van der Waals surface area contributed by atoms with Gasteiger partial charge in [-0.3, -0.25) is 10.1 Å². The molecule has 2 aromatic carbocycles. The fourth-order valence-electron chi connectivity index (χ4n) is 3.26. The Morgan fingerprint density at radius 3 is 2.84 bits per heavy atom. The van der Waals surface area contributed by atoms with Crippen molar-refractivity contribution < 1.29 is 14.8 Å². The maximum Gasteiger partial charge on any atom is 0.322 e. The van der Waals surface area contributed by atoms with Gasteiger partial charge in [-0.15, -0.1) is 0 Å². The van der Waals surface area contributed by atoms with Gasteiger partial charge >= 0.3 is 6.03 Å². The molecule has 2 aromatic rings. The number of aliphatic hydroxyl groups is 1. The second kappa shape index (κ2) is 7.31. The van der Waals surface area contributed by atoms with Gasteiger partial charge in [-0.1, -0.05) is 30.3 Å². The van der Waals surface area contributed by atoms with Crippen molar-refractivity contribution in [2.24, 2.45) is 0 Å². The zero-order chi connectivity index (χ0) is 17.8. The number of rotatable bonds is 5. The van der Waals surface area contributed by atoms with Crippen LogP contribution >= 0.6 is 0 Å². The van der Waals surface area contributed by atoms with Crippen molar-refractivity contribution in [1.29, 1.82) is 0 Å². The average Bonchev–Trinajstić information content (AvgIpc) is 3.03. The number of aryl methyl sites for hydroxylation is 1. The Morgan fingerprint density at radius 2 is 2.08 bits per heavy atom. The minimum atomic E-state index is -0.506. The van der Waals surface area contributed by atoms with Crippen LogP contribution in [0, 0.1) is 10.1 Å². The van der Waals surface area contributed by atoms with Crippen LogP contribution in [0.1, 0.15) is 23.6 Å². The molecule has 0 spiro atoms. The smallest absolute Gasteiger partial charge is 0.322 e. The zero-order valence-electron chi connectivity index (χ0n) is 13.6. The largest absolute Gasteiger partial charge is 0.395 e. The quantitative estimate of drug-likeness (QED) is 0.645. The number of fused-ring (bicyclic) bond motifs is 1. The van der Waals surface area contributed by atoms with Gasteiger partial charge in [-0.05, 0) is 30.0 Å². The van der Waals surface area contributed by atoms with Crippen molar-refractivity contribution in [3.63, 3.8) is 0 Å². The number of hydrogen-bond donors (Lipinski definition) is 2. The zero-order valence-corrected chi connectivity index (χ0v) is 13.6. The number of non-ortho nitro benzene ring substituents is 1. The second-order valence-corrected chi connectivity index (χ2v) is 5.91. The molecule has 3 rings (SSSR count). The molecule has 1 atom stereocenters. The third-order valence-electron chi connectivity index (χ3n) is 4.39. The summed E-state index contributed by atoms with van der Waals surface area (Å²) in [7, 11) is 0. The normalized spacial score (nSPS) is 15.5. The molecule has 0 aliphatic heterocycles. The summed E-state index contributed by atoms with van der Waals surface area (Å²) in [4.78, 5) is 24.7. The molecule has 0 fully saturated rings. The Kier molecular flexibility index (Phi) is 4.95. The summed E-state index contributed by atoms with van der Waals surface area (Å²) >= 11 is 0.